The Morgan fingerprint density at radius 1 is 1.29 bits per heavy atom. The Morgan fingerprint density at radius 2 is 2.21 bits per heavy atom. The SMILES string of the molecule is c1cc2c(cn1)NC[C@@H]1CCCC[C@H]21. The van der Waals surface area contributed by atoms with Gasteiger partial charge in [-0.05, 0) is 36.3 Å². The summed E-state index contributed by atoms with van der Waals surface area (Å²) in [6.07, 6.45) is 9.51. The second-order valence-corrected chi connectivity index (χ2v) is 4.49. The molecular formula is C12H16N2. The predicted molar refractivity (Wildman–Crippen MR) is 57.4 cm³/mol. The summed E-state index contributed by atoms with van der Waals surface area (Å²) in [7, 11) is 0. The fourth-order valence-electron chi connectivity index (χ4n) is 2.98. The van der Waals surface area contributed by atoms with Gasteiger partial charge in [-0.15, -0.1) is 0 Å². The van der Waals surface area contributed by atoms with Crippen molar-refractivity contribution in [2.45, 2.75) is 31.6 Å². The largest absolute Gasteiger partial charge is 0.383 e. The van der Waals surface area contributed by atoms with E-state index in [2.05, 4.69) is 16.4 Å². The number of anilines is 1. The zero-order valence-corrected chi connectivity index (χ0v) is 8.37. The number of pyridine rings is 1. The summed E-state index contributed by atoms with van der Waals surface area (Å²) >= 11 is 0. The van der Waals surface area contributed by atoms with E-state index in [9.17, 15) is 0 Å². The van der Waals surface area contributed by atoms with Crippen LogP contribution in [0.5, 0.6) is 0 Å². The number of fused-ring (bicyclic) bond motifs is 3. The molecule has 1 saturated carbocycles. The summed E-state index contributed by atoms with van der Waals surface area (Å²) in [5, 5.41) is 3.50. The van der Waals surface area contributed by atoms with Crippen LogP contribution in [0.4, 0.5) is 5.69 Å². The van der Waals surface area contributed by atoms with Gasteiger partial charge in [-0.3, -0.25) is 4.98 Å². The molecule has 2 heteroatoms. The summed E-state index contributed by atoms with van der Waals surface area (Å²) in [6.45, 7) is 1.16. The van der Waals surface area contributed by atoms with E-state index in [-0.39, 0.29) is 0 Å². The lowest BCUT2D eigenvalue weighted by atomic mass is 9.73. The van der Waals surface area contributed by atoms with Crippen molar-refractivity contribution >= 4 is 5.69 Å². The van der Waals surface area contributed by atoms with Gasteiger partial charge in [0.2, 0.25) is 0 Å². The van der Waals surface area contributed by atoms with Crippen molar-refractivity contribution in [3.63, 3.8) is 0 Å². The third-order valence-electron chi connectivity index (χ3n) is 3.72. The van der Waals surface area contributed by atoms with E-state index in [1.54, 1.807) is 0 Å². The number of hydrogen-bond acceptors (Lipinski definition) is 2. The Kier molecular flexibility index (Phi) is 1.93. The van der Waals surface area contributed by atoms with E-state index in [4.69, 9.17) is 0 Å². The van der Waals surface area contributed by atoms with Gasteiger partial charge in [-0.2, -0.15) is 0 Å². The summed E-state index contributed by atoms with van der Waals surface area (Å²) in [5.41, 5.74) is 2.78. The standard InChI is InChI=1S/C12H16N2/c1-2-4-10-9(3-1)7-14-12-8-13-6-5-11(10)12/h5-6,8-10,14H,1-4,7H2/t9-,10-/m0/s1. The lowest BCUT2D eigenvalue weighted by molar-refractivity contribution is 0.313. The van der Waals surface area contributed by atoms with Crippen molar-refractivity contribution < 1.29 is 0 Å². The molecule has 1 fully saturated rings. The fourth-order valence-corrected chi connectivity index (χ4v) is 2.98. The molecule has 1 aromatic heterocycles. The maximum absolute atomic E-state index is 4.17. The number of nitrogens with one attached hydrogen (secondary N) is 1. The van der Waals surface area contributed by atoms with Crippen LogP contribution in [0.15, 0.2) is 18.5 Å². The molecule has 1 aromatic rings. The topological polar surface area (TPSA) is 24.9 Å². The molecule has 0 bridgehead atoms. The van der Waals surface area contributed by atoms with E-state index in [1.807, 2.05) is 12.4 Å². The normalized spacial score (nSPS) is 30.0. The fraction of sp³-hybridized carbons (Fsp3) is 0.583. The zero-order chi connectivity index (χ0) is 9.38. The number of aromatic nitrogens is 1. The van der Waals surface area contributed by atoms with Crippen LogP contribution in [0, 0.1) is 5.92 Å². The molecule has 0 aromatic carbocycles. The van der Waals surface area contributed by atoms with E-state index in [0.29, 0.717) is 0 Å². The van der Waals surface area contributed by atoms with Gasteiger partial charge < -0.3 is 5.32 Å². The molecule has 2 atom stereocenters. The van der Waals surface area contributed by atoms with Crippen molar-refractivity contribution in [1.82, 2.24) is 4.98 Å². The highest BCUT2D eigenvalue weighted by atomic mass is 14.9. The summed E-state index contributed by atoms with van der Waals surface area (Å²) < 4.78 is 0. The van der Waals surface area contributed by atoms with Gasteiger partial charge >= 0.3 is 0 Å². The van der Waals surface area contributed by atoms with Crippen molar-refractivity contribution in [3.05, 3.63) is 24.0 Å². The van der Waals surface area contributed by atoms with E-state index < -0.39 is 0 Å². The van der Waals surface area contributed by atoms with Crippen molar-refractivity contribution in [2.24, 2.45) is 5.92 Å². The van der Waals surface area contributed by atoms with E-state index >= 15 is 0 Å². The Bertz CT molecular complexity index is 335. The van der Waals surface area contributed by atoms with Gasteiger partial charge in [0.25, 0.3) is 0 Å². The zero-order valence-electron chi connectivity index (χ0n) is 8.37. The Morgan fingerprint density at radius 3 is 3.21 bits per heavy atom. The molecular weight excluding hydrogens is 172 g/mol. The first-order valence-electron chi connectivity index (χ1n) is 5.63. The van der Waals surface area contributed by atoms with Gasteiger partial charge in [0.05, 0.1) is 11.9 Å². The van der Waals surface area contributed by atoms with Crippen LogP contribution in [0.2, 0.25) is 0 Å². The molecule has 2 heterocycles. The van der Waals surface area contributed by atoms with Crippen LogP contribution in [-0.2, 0) is 0 Å². The van der Waals surface area contributed by atoms with Crippen LogP contribution >= 0.6 is 0 Å². The average molecular weight is 188 g/mol. The van der Waals surface area contributed by atoms with Gasteiger partial charge in [0, 0.05) is 12.7 Å². The molecule has 0 radical (unpaired) electrons. The second kappa shape index (κ2) is 3.26. The molecule has 1 aliphatic heterocycles. The first-order chi connectivity index (χ1) is 6.95. The Labute approximate surface area is 84.7 Å². The maximum atomic E-state index is 4.17. The Balaban J connectivity index is 1.99. The molecule has 2 nitrogen and oxygen atoms in total. The number of hydrogen-bond donors (Lipinski definition) is 1. The predicted octanol–water partition coefficient (Wildman–Crippen LogP) is 2.78. The highest BCUT2D eigenvalue weighted by Crippen LogP contribution is 2.43. The van der Waals surface area contributed by atoms with Crippen LogP contribution < -0.4 is 5.32 Å². The minimum absolute atomic E-state index is 0.808. The molecule has 74 valence electrons. The lowest BCUT2D eigenvalue weighted by Crippen LogP contribution is -2.30. The minimum atomic E-state index is 0.808. The Hall–Kier alpha value is -1.05. The third-order valence-corrected chi connectivity index (χ3v) is 3.72. The number of rotatable bonds is 0. The van der Waals surface area contributed by atoms with Gasteiger partial charge in [0.15, 0.2) is 0 Å². The molecule has 1 N–H and O–H groups in total. The molecule has 3 rings (SSSR count). The molecule has 0 spiro atoms. The summed E-state index contributed by atoms with van der Waals surface area (Å²) in [6, 6.07) is 2.20. The smallest absolute Gasteiger partial charge is 0.0562 e. The molecule has 0 amide bonds. The van der Waals surface area contributed by atoms with Crippen LogP contribution in [0.3, 0.4) is 0 Å². The second-order valence-electron chi connectivity index (χ2n) is 4.49. The molecule has 1 aliphatic carbocycles. The van der Waals surface area contributed by atoms with Gasteiger partial charge in [-0.1, -0.05) is 12.8 Å². The van der Waals surface area contributed by atoms with Crippen LogP contribution in [0.25, 0.3) is 0 Å². The molecule has 0 unspecified atom stereocenters. The minimum Gasteiger partial charge on any atom is -0.383 e. The van der Waals surface area contributed by atoms with E-state index in [0.717, 1.165) is 18.4 Å². The monoisotopic (exact) mass is 188 g/mol. The molecule has 2 aliphatic rings. The summed E-state index contributed by atoms with van der Waals surface area (Å²) in [5.74, 6) is 1.68. The van der Waals surface area contributed by atoms with Crippen molar-refractivity contribution in [1.29, 1.82) is 0 Å². The third kappa shape index (κ3) is 1.21. The molecule has 14 heavy (non-hydrogen) atoms. The van der Waals surface area contributed by atoms with Gasteiger partial charge in [0.1, 0.15) is 0 Å². The van der Waals surface area contributed by atoms with Crippen LogP contribution in [0.1, 0.15) is 37.2 Å². The van der Waals surface area contributed by atoms with E-state index in [1.165, 1.54) is 36.9 Å². The first kappa shape index (κ1) is 8.27. The van der Waals surface area contributed by atoms with Crippen molar-refractivity contribution in [3.8, 4) is 0 Å². The highest BCUT2D eigenvalue weighted by molar-refractivity contribution is 5.53. The lowest BCUT2D eigenvalue weighted by Gasteiger charge is -2.37. The highest BCUT2D eigenvalue weighted by Gasteiger charge is 2.31. The maximum Gasteiger partial charge on any atom is 0.0562 e. The van der Waals surface area contributed by atoms with Crippen molar-refractivity contribution in [2.75, 3.05) is 11.9 Å². The first-order valence-corrected chi connectivity index (χ1v) is 5.63. The summed E-state index contributed by atoms with van der Waals surface area (Å²) in [4.78, 5) is 4.17. The van der Waals surface area contributed by atoms with Crippen LogP contribution in [-0.4, -0.2) is 11.5 Å². The average Bonchev–Trinajstić information content (AvgIpc) is 2.29. The quantitative estimate of drug-likeness (QED) is 0.677. The van der Waals surface area contributed by atoms with Gasteiger partial charge in [-0.25, -0.2) is 0 Å². The number of nitrogens with zero attached hydrogens (tertiary/aromatic N) is 1. The molecule has 0 saturated heterocycles.